The number of ether oxygens (including phenoxy) is 3. The van der Waals surface area contributed by atoms with E-state index in [1.54, 1.807) is 0 Å². The number of hydrogen-bond donors (Lipinski definition) is 0. The first-order valence-corrected chi connectivity index (χ1v) is 8.34. The van der Waals surface area contributed by atoms with Crippen LogP contribution in [0.4, 0.5) is 0 Å². The summed E-state index contributed by atoms with van der Waals surface area (Å²) < 4.78 is 41.0. The molecule has 0 aliphatic carbocycles. The number of nitrogens with zero attached hydrogens (tertiary/aromatic N) is 1. The average molecular weight is 350 g/mol. The van der Waals surface area contributed by atoms with Gasteiger partial charge in [-0.25, -0.2) is 13.2 Å². The van der Waals surface area contributed by atoms with E-state index < -0.39 is 16.0 Å². The molecule has 0 unspecified atom stereocenters. The predicted molar refractivity (Wildman–Crippen MR) is 78.5 cm³/mol. The first-order valence-electron chi connectivity index (χ1n) is 6.52. The summed E-state index contributed by atoms with van der Waals surface area (Å²) in [6.45, 7) is 1.05. The van der Waals surface area contributed by atoms with E-state index in [1.165, 1.54) is 29.6 Å². The fourth-order valence-corrected chi connectivity index (χ4v) is 3.63. The Morgan fingerprint density at radius 3 is 2.64 bits per heavy atom. The SMILES string of the molecule is COC(=O)COc1ccc(S(=O)(=O)N2CCOCC2)cc1Cl. The summed E-state index contributed by atoms with van der Waals surface area (Å²) in [5.74, 6) is -0.339. The number of hydrogen-bond acceptors (Lipinski definition) is 6. The number of carbonyl (C=O) groups excluding carboxylic acids is 1. The maximum Gasteiger partial charge on any atom is 0.343 e. The molecule has 1 aromatic rings. The Hall–Kier alpha value is -1.35. The molecule has 0 saturated carbocycles. The minimum atomic E-state index is -3.62. The molecule has 9 heteroatoms. The van der Waals surface area contributed by atoms with Crippen molar-refractivity contribution >= 4 is 27.6 Å². The Morgan fingerprint density at radius 1 is 1.36 bits per heavy atom. The van der Waals surface area contributed by atoms with Crippen LogP contribution in [0.1, 0.15) is 0 Å². The molecule has 0 atom stereocenters. The molecule has 0 radical (unpaired) electrons. The molecule has 1 heterocycles. The van der Waals surface area contributed by atoms with E-state index in [0.29, 0.717) is 26.3 Å². The lowest BCUT2D eigenvalue weighted by molar-refractivity contribution is -0.142. The van der Waals surface area contributed by atoms with Crippen molar-refractivity contribution in [3.8, 4) is 5.75 Å². The van der Waals surface area contributed by atoms with Crippen molar-refractivity contribution in [2.45, 2.75) is 4.90 Å². The van der Waals surface area contributed by atoms with Gasteiger partial charge < -0.3 is 14.2 Å². The van der Waals surface area contributed by atoms with Crippen molar-refractivity contribution in [3.05, 3.63) is 23.2 Å². The molecule has 0 spiro atoms. The van der Waals surface area contributed by atoms with Crippen molar-refractivity contribution in [3.63, 3.8) is 0 Å². The minimum Gasteiger partial charge on any atom is -0.480 e. The molecule has 1 aliphatic heterocycles. The summed E-state index contributed by atoms with van der Waals surface area (Å²) in [5, 5.41) is 0.109. The Balaban J connectivity index is 2.15. The Morgan fingerprint density at radius 2 is 2.05 bits per heavy atom. The van der Waals surface area contributed by atoms with E-state index >= 15 is 0 Å². The lowest BCUT2D eigenvalue weighted by atomic mass is 10.3. The van der Waals surface area contributed by atoms with Crippen LogP contribution in [0.2, 0.25) is 5.02 Å². The maximum atomic E-state index is 12.5. The number of rotatable bonds is 5. The van der Waals surface area contributed by atoms with Crippen molar-refractivity contribution in [1.29, 1.82) is 0 Å². The molecule has 1 aromatic carbocycles. The summed E-state index contributed by atoms with van der Waals surface area (Å²) in [4.78, 5) is 11.1. The number of morpholine rings is 1. The third-order valence-electron chi connectivity index (χ3n) is 3.08. The fraction of sp³-hybridized carbons (Fsp3) is 0.462. The zero-order valence-corrected chi connectivity index (χ0v) is 13.5. The predicted octanol–water partition coefficient (Wildman–Crippen LogP) is 0.913. The van der Waals surface area contributed by atoms with Crippen LogP contribution in [0.25, 0.3) is 0 Å². The van der Waals surface area contributed by atoms with Gasteiger partial charge in [-0.1, -0.05) is 11.6 Å². The number of benzene rings is 1. The van der Waals surface area contributed by atoms with E-state index in [9.17, 15) is 13.2 Å². The maximum absolute atomic E-state index is 12.5. The van der Waals surface area contributed by atoms with E-state index in [1.807, 2.05) is 0 Å². The van der Waals surface area contributed by atoms with Gasteiger partial charge in [-0.3, -0.25) is 0 Å². The summed E-state index contributed by atoms with van der Waals surface area (Å²) in [7, 11) is -2.37. The smallest absolute Gasteiger partial charge is 0.343 e. The highest BCUT2D eigenvalue weighted by Gasteiger charge is 2.27. The molecule has 0 aromatic heterocycles. The number of halogens is 1. The van der Waals surface area contributed by atoms with Crippen LogP contribution >= 0.6 is 11.6 Å². The van der Waals surface area contributed by atoms with Crippen LogP contribution in [-0.2, 0) is 24.3 Å². The van der Waals surface area contributed by atoms with Crippen molar-refractivity contribution in [2.75, 3.05) is 40.0 Å². The molecule has 0 N–H and O–H groups in total. The van der Waals surface area contributed by atoms with Crippen LogP contribution < -0.4 is 4.74 Å². The third kappa shape index (κ3) is 3.89. The summed E-state index contributed by atoms with van der Waals surface area (Å²) in [6.07, 6.45) is 0. The Bertz CT molecular complexity index is 642. The van der Waals surface area contributed by atoms with Crippen LogP contribution in [0.15, 0.2) is 23.1 Å². The van der Waals surface area contributed by atoms with Crippen molar-refractivity contribution in [1.82, 2.24) is 4.31 Å². The first-order chi connectivity index (χ1) is 10.4. The van der Waals surface area contributed by atoms with Gasteiger partial charge in [0.25, 0.3) is 0 Å². The Labute approximate surface area is 133 Å². The number of sulfonamides is 1. The normalized spacial score (nSPS) is 16.3. The van der Waals surface area contributed by atoms with Gasteiger partial charge in [0, 0.05) is 13.1 Å². The van der Waals surface area contributed by atoms with Crippen molar-refractivity contribution < 1.29 is 27.4 Å². The van der Waals surface area contributed by atoms with E-state index in [4.69, 9.17) is 21.1 Å². The molecule has 7 nitrogen and oxygen atoms in total. The van der Waals surface area contributed by atoms with Gasteiger partial charge in [-0.15, -0.1) is 0 Å². The highest BCUT2D eigenvalue weighted by molar-refractivity contribution is 7.89. The van der Waals surface area contributed by atoms with Crippen molar-refractivity contribution in [2.24, 2.45) is 0 Å². The van der Waals surface area contributed by atoms with Gasteiger partial charge in [0.1, 0.15) is 5.75 Å². The molecular weight excluding hydrogens is 334 g/mol. The molecule has 1 saturated heterocycles. The summed E-state index contributed by atoms with van der Waals surface area (Å²) >= 11 is 6.02. The number of carbonyl (C=O) groups is 1. The monoisotopic (exact) mass is 349 g/mol. The van der Waals surface area contributed by atoms with Crippen LogP contribution in [0.5, 0.6) is 5.75 Å². The van der Waals surface area contributed by atoms with Gasteiger partial charge in [0.05, 0.1) is 30.2 Å². The van der Waals surface area contributed by atoms with Crippen LogP contribution in [0.3, 0.4) is 0 Å². The molecule has 1 aliphatic rings. The fourth-order valence-electron chi connectivity index (χ4n) is 1.89. The minimum absolute atomic E-state index is 0.0739. The van der Waals surface area contributed by atoms with E-state index in [-0.39, 0.29) is 22.3 Å². The van der Waals surface area contributed by atoms with E-state index in [2.05, 4.69) is 4.74 Å². The topological polar surface area (TPSA) is 82.1 Å². The quantitative estimate of drug-likeness (QED) is 0.735. The standard InChI is InChI=1S/C13H16ClNO6S/c1-19-13(16)9-21-12-3-2-10(8-11(12)14)22(17,18)15-4-6-20-7-5-15/h2-3,8H,4-7,9H2,1H3. The third-order valence-corrected chi connectivity index (χ3v) is 5.27. The second-order valence-electron chi connectivity index (χ2n) is 4.47. The zero-order valence-electron chi connectivity index (χ0n) is 12.0. The molecule has 2 rings (SSSR count). The largest absolute Gasteiger partial charge is 0.480 e. The van der Waals surface area contributed by atoms with Gasteiger partial charge in [-0.05, 0) is 18.2 Å². The number of esters is 1. The Kier molecular flexibility index (Phi) is 5.63. The second-order valence-corrected chi connectivity index (χ2v) is 6.82. The molecule has 1 fully saturated rings. The molecule has 0 bridgehead atoms. The second kappa shape index (κ2) is 7.28. The van der Waals surface area contributed by atoms with Crippen LogP contribution in [-0.4, -0.2) is 58.7 Å². The first kappa shape index (κ1) is 17.0. The zero-order chi connectivity index (χ0) is 16.2. The lowest BCUT2D eigenvalue weighted by Crippen LogP contribution is -2.40. The molecular formula is C13H16ClNO6S. The van der Waals surface area contributed by atoms with Gasteiger partial charge >= 0.3 is 5.97 Å². The summed E-state index contributed by atoms with van der Waals surface area (Å²) in [5.41, 5.74) is 0. The van der Waals surface area contributed by atoms with E-state index in [0.717, 1.165) is 0 Å². The van der Waals surface area contributed by atoms with Gasteiger partial charge in [0.2, 0.25) is 10.0 Å². The molecule has 0 amide bonds. The highest BCUT2D eigenvalue weighted by atomic mass is 35.5. The lowest BCUT2D eigenvalue weighted by Gasteiger charge is -2.26. The average Bonchev–Trinajstić information content (AvgIpc) is 2.54. The number of methoxy groups -OCH3 is 1. The van der Waals surface area contributed by atoms with Gasteiger partial charge in [0.15, 0.2) is 6.61 Å². The van der Waals surface area contributed by atoms with Gasteiger partial charge in [-0.2, -0.15) is 4.31 Å². The summed E-state index contributed by atoms with van der Waals surface area (Å²) in [6, 6.07) is 4.11. The molecule has 122 valence electrons. The highest BCUT2D eigenvalue weighted by Crippen LogP contribution is 2.29. The molecule has 22 heavy (non-hydrogen) atoms. The van der Waals surface area contributed by atoms with Crippen LogP contribution in [0, 0.1) is 0 Å².